The van der Waals surface area contributed by atoms with Crippen LogP contribution in [-0.4, -0.2) is 42.4 Å². The fourth-order valence-electron chi connectivity index (χ4n) is 3.47. The number of phenols is 1. The van der Waals surface area contributed by atoms with Gasteiger partial charge in [-0.2, -0.15) is 0 Å². The predicted octanol–water partition coefficient (Wildman–Crippen LogP) is 2.31. The van der Waals surface area contributed by atoms with E-state index in [0.717, 1.165) is 22.6 Å². The third kappa shape index (κ3) is 2.92. The molecule has 1 unspecified atom stereocenters. The van der Waals surface area contributed by atoms with Crippen molar-refractivity contribution in [2.24, 2.45) is 0 Å². The van der Waals surface area contributed by atoms with Crippen molar-refractivity contribution < 1.29 is 9.90 Å². The van der Waals surface area contributed by atoms with Gasteiger partial charge in [0.2, 0.25) is 0 Å². The van der Waals surface area contributed by atoms with Crippen LogP contribution in [0.2, 0.25) is 0 Å². The smallest absolute Gasteiger partial charge is 0.272 e. The molecule has 0 spiro atoms. The molecule has 0 saturated carbocycles. The van der Waals surface area contributed by atoms with E-state index in [1.165, 1.54) is 0 Å². The molecule has 7 heteroatoms. The highest BCUT2D eigenvalue weighted by Crippen LogP contribution is 2.33. The minimum Gasteiger partial charge on any atom is -0.508 e. The zero-order chi connectivity index (χ0) is 18.3. The van der Waals surface area contributed by atoms with Crippen molar-refractivity contribution in [1.29, 1.82) is 0 Å². The molecule has 2 N–H and O–H groups in total. The number of carbonyl (C=O) groups is 1. The van der Waals surface area contributed by atoms with Gasteiger partial charge < -0.3 is 15.0 Å². The fourth-order valence-corrected chi connectivity index (χ4v) is 3.47. The fraction of sp³-hybridized carbons (Fsp3) is 0.263. The molecule has 1 aliphatic rings. The number of aromatic nitrogens is 4. The van der Waals surface area contributed by atoms with Gasteiger partial charge in [-0.05, 0) is 37.6 Å². The van der Waals surface area contributed by atoms with Crippen molar-refractivity contribution in [2.75, 3.05) is 6.54 Å². The van der Waals surface area contributed by atoms with E-state index < -0.39 is 0 Å². The molecule has 1 aliphatic heterocycles. The Balaban J connectivity index is 1.70. The van der Waals surface area contributed by atoms with Gasteiger partial charge >= 0.3 is 0 Å². The van der Waals surface area contributed by atoms with Crippen molar-refractivity contribution >= 4 is 5.91 Å². The summed E-state index contributed by atoms with van der Waals surface area (Å²) in [6.07, 6.45) is 1.65. The van der Waals surface area contributed by atoms with Crippen LogP contribution >= 0.6 is 0 Å². The molecule has 1 amide bonds. The van der Waals surface area contributed by atoms with Gasteiger partial charge in [0.25, 0.3) is 5.91 Å². The number of carbonyl (C=O) groups excluding carboxylic acids is 1. The largest absolute Gasteiger partial charge is 0.508 e. The zero-order valence-electron chi connectivity index (χ0n) is 14.6. The lowest BCUT2D eigenvalue weighted by atomic mass is 9.90. The normalized spacial score (nSPS) is 16.4. The standard InChI is InChI=1S/C19H19N5O2/c1-11-6-16(23-12(2)22-11)19(26)24-8-15(13-4-3-5-14(25)7-13)18-17(9-24)20-10-21-18/h3-7,10,15,25H,8-9H2,1-2H3,(H,20,21). The number of aryl methyl sites for hydroxylation is 2. The molecule has 0 radical (unpaired) electrons. The summed E-state index contributed by atoms with van der Waals surface area (Å²) in [5.74, 6) is 0.538. The lowest BCUT2D eigenvalue weighted by Gasteiger charge is -2.32. The SMILES string of the molecule is Cc1cc(C(=O)N2Cc3[nH]cnc3C(c3cccc(O)c3)C2)nc(C)n1. The van der Waals surface area contributed by atoms with Crippen molar-refractivity contribution in [3.63, 3.8) is 0 Å². The van der Waals surface area contributed by atoms with Crippen molar-refractivity contribution in [2.45, 2.75) is 26.3 Å². The lowest BCUT2D eigenvalue weighted by Crippen LogP contribution is -2.39. The van der Waals surface area contributed by atoms with Gasteiger partial charge in [-0.15, -0.1) is 0 Å². The highest BCUT2D eigenvalue weighted by atomic mass is 16.3. The summed E-state index contributed by atoms with van der Waals surface area (Å²) in [5, 5.41) is 9.83. The lowest BCUT2D eigenvalue weighted by molar-refractivity contribution is 0.0715. The maximum atomic E-state index is 13.0. The first-order valence-electron chi connectivity index (χ1n) is 8.44. The molecule has 0 saturated heterocycles. The second kappa shape index (κ2) is 6.25. The van der Waals surface area contributed by atoms with Crippen LogP contribution in [0.5, 0.6) is 5.75 Å². The van der Waals surface area contributed by atoms with E-state index in [-0.39, 0.29) is 17.6 Å². The molecule has 7 nitrogen and oxygen atoms in total. The van der Waals surface area contributed by atoms with Gasteiger partial charge in [0, 0.05) is 18.2 Å². The molecule has 1 atom stereocenters. The quantitative estimate of drug-likeness (QED) is 0.740. The number of fused-ring (bicyclic) bond motifs is 1. The molecule has 0 aliphatic carbocycles. The number of amides is 1. The van der Waals surface area contributed by atoms with Gasteiger partial charge in [-0.3, -0.25) is 4.79 Å². The van der Waals surface area contributed by atoms with Crippen molar-refractivity contribution in [3.8, 4) is 5.75 Å². The predicted molar refractivity (Wildman–Crippen MR) is 94.8 cm³/mol. The monoisotopic (exact) mass is 349 g/mol. The minimum absolute atomic E-state index is 0.106. The molecule has 4 rings (SSSR count). The van der Waals surface area contributed by atoms with Crippen LogP contribution < -0.4 is 0 Å². The van der Waals surface area contributed by atoms with Gasteiger partial charge in [0.1, 0.15) is 17.3 Å². The molecule has 1 aromatic carbocycles. The number of nitrogens with zero attached hydrogens (tertiary/aromatic N) is 4. The molecule has 0 fully saturated rings. The number of rotatable bonds is 2. The second-order valence-corrected chi connectivity index (χ2v) is 6.54. The Morgan fingerprint density at radius 2 is 2.12 bits per heavy atom. The summed E-state index contributed by atoms with van der Waals surface area (Å²) in [6.45, 7) is 4.56. The summed E-state index contributed by atoms with van der Waals surface area (Å²) < 4.78 is 0. The number of phenolic OH excluding ortho intramolecular Hbond substituents is 1. The highest BCUT2D eigenvalue weighted by Gasteiger charge is 2.32. The average Bonchev–Trinajstić information content (AvgIpc) is 3.08. The van der Waals surface area contributed by atoms with Crippen LogP contribution in [0.25, 0.3) is 0 Å². The van der Waals surface area contributed by atoms with Gasteiger partial charge in [-0.1, -0.05) is 12.1 Å². The van der Waals surface area contributed by atoms with Crippen LogP contribution in [0, 0.1) is 13.8 Å². The Morgan fingerprint density at radius 1 is 1.27 bits per heavy atom. The number of aromatic hydroxyl groups is 1. The van der Waals surface area contributed by atoms with Crippen molar-refractivity contribution in [1.82, 2.24) is 24.8 Å². The van der Waals surface area contributed by atoms with E-state index in [0.29, 0.717) is 24.6 Å². The number of H-pyrrole nitrogens is 1. The number of hydrogen-bond donors (Lipinski definition) is 2. The van der Waals surface area contributed by atoms with E-state index in [1.54, 1.807) is 42.4 Å². The van der Waals surface area contributed by atoms with E-state index in [1.807, 2.05) is 13.0 Å². The van der Waals surface area contributed by atoms with Crippen LogP contribution in [0.1, 0.15) is 44.9 Å². The van der Waals surface area contributed by atoms with E-state index in [2.05, 4.69) is 19.9 Å². The Hall–Kier alpha value is -3.22. The van der Waals surface area contributed by atoms with Gasteiger partial charge in [0.15, 0.2) is 0 Å². The number of nitrogens with one attached hydrogen (secondary N) is 1. The maximum Gasteiger partial charge on any atom is 0.272 e. The number of imidazole rings is 1. The van der Waals surface area contributed by atoms with Crippen LogP contribution in [0.4, 0.5) is 0 Å². The Labute approximate surface area is 150 Å². The molecule has 0 bridgehead atoms. The van der Waals surface area contributed by atoms with Crippen LogP contribution in [-0.2, 0) is 6.54 Å². The van der Waals surface area contributed by atoms with Gasteiger partial charge in [0.05, 0.1) is 24.3 Å². The third-order valence-electron chi connectivity index (χ3n) is 4.58. The molecular weight excluding hydrogens is 330 g/mol. The summed E-state index contributed by atoms with van der Waals surface area (Å²) in [4.78, 5) is 30.9. The Bertz CT molecular complexity index is 961. The second-order valence-electron chi connectivity index (χ2n) is 6.54. The molecule has 3 heterocycles. The molecule has 3 aromatic rings. The van der Waals surface area contributed by atoms with Crippen LogP contribution in [0.3, 0.4) is 0 Å². The summed E-state index contributed by atoms with van der Waals surface area (Å²) in [5.41, 5.74) is 3.90. The highest BCUT2D eigenvalue weighted by molar-refractivity contribution is 5.92. The summed E-state index contributed by atoms with van der Waals surface area (Å²) in [6, 6.07) is 8.80. The van der Waals surface area contributed by atoms with Crippen molar-refractivity contribution in [3.05, 3.63) is 70.8 Å². The Kier molecular flexibility index (Phi) is 3.91. The average molecular weight is 349 g/mol. The third-order valence-corrected chi connectivity index (χ3v) is 4.58. The first-order valence-corrected chi connectivity index (χ1v) is 8.44. The maximum absolute atomic E-state index is 13.0. The first-order chi connectivity index (χ1) is 12.5. The summed E-state index contributed by atoms with van der Waals surface area (Å²) in [7, 11) is 0. The molecule has 2 aromatic heterocycles. The molecule has 26 heavy (non-hydrogen) atoms. The zero-order valence-corrected chi connectivity index (χ0v) is 14.6. The number of benzene rings is 1. The van der Waals surface area contributed by atoms with E-state index in [4.69, 9.17) is 0 Å². The number of aromatic amines is 1. The molecular formula is C19H19N5O2. The topological polar surface area (TPSA) is 95.0 Å². The minimum atomic E-state index is -0.135. The molecule has 132 valence electrons. The van der Waals surface area contributed by atoms with Crippen LogP contribution in [0.15, 0.2) is 36.7 Å². The van der Waals surface area contributed by atoms with E-state index >= 15 is 0 Å². The summed E-state index contributed by atoms with van der Waals surface area (Å²) >= 11 is 0. The van der Waals surface area contributed by atoms with Gasteiger partial charge in [-0.25, -0.2) is 15.0 Å². The number of hydrogen-bond acceptors (Lipinski definition) is 5. The Morgan fingerprint density at radius 3 is 2.88 bits per heavy atom. The van der Waals surface area contributed by atoms with E-state index in [9.17, 15) is 9.90 Å². The first kappa shape index (κ1) is 16.3.